The monoisotopic (exact) mass is 287 g/mol. The number of aliphatic hydroxyl groups is 3. The summed E-state index contributed by atoms with van der Waals surface area (Å²) in [6, 6.07) is 1.52. The van der Waals surface area contributed by atoms with Crippen molar-refractivity contribution < 1.29 is 20.1 Å². The lowest BCUT2D eigenvalue weighted by atomic mass is 10.1. The van der Waals surface area contributed by atoms with Gasteiger partial charge in [-0.1, -0.05) is 0 Å². The Morgan fingerprint density at radius 2 is 2.20 bits per heavy atom. The number of aromatic amines is 1. The van der Waals surface area contributed by atoms with Crippen molar-refractivity contribution in [1.29, 1.82) is 0 Å². The molecule has 0 radical (unpaired) electrons. The van der Waals surface area contributed by atoms with E-state index in [2.05, 4.69) is 9.97 Å². The predicted octanol–water partition coefficient (Wildman–Crippen LogP) is -1.38. The molecule has 2 rings (SSSR count). The van der Waals surface area contributed by atoms with E-state index in [-0.39, 0.29) is 12.7 Å². The summed E-state index contributed by atoms with van der Waals surface area (Å²) in [4.78, 5) is 15.9. The largest absolute Gasteiger partial charge is 0.394 e. The molecule has 2 heterocycles. The zero-order chi connectivity index (χ0) is 15.1. The third-order valence-electron chi connectivity index (χ3n) is 2.93. The number of nitrogens with two attached hydrogens (primary N) is 1. The number of H-pyrrole nitrogens is 1. The molecule has 2 unspecified atom stereocenters. The van der Waals surface area contributed by atoms with Crippen LogP contribution in [-0.4, -0.2) is 56.3 Å². The summed E-state index contributed by atoms with van der Waals surface area (Å²) in [6.07, 6.45) is 0.223. The van der Waals surface area contributed by atoms with Gasteiger partial charge in [-0.05, 0) is 25.8 Å². The van der Waals surface area contributed by atoms with Gasteiger partial charge in [-0.25, -0.2) is 9.78 Å². The fourth-order valence-electron chi connectivity index (χ4n) is 1.80. The fourth-order valence-corrected chi connectivity index (χ4v) is 1.80. The van der Waals surface area contributed by atoms with Crippen molar-refractivity contribution >= 4 is 5.82 Å². The molecule has 4 atom stereocenters. The molecule has 1 fully saturated rings. The van der Waals surface area contributed by atoms with Crippen LogP contribution in [-0.2, 0) is 4.74 Å². The van der Waals surface area contributed by atoms with Crippen LogP contribution in [0, 0.1) is 0 Å². The second-order valence-electron chi connectivity index (χ2n) is 4.63. The van der Waals surface area contributed by atoms with Gasteiger partial charge < -0.3 is 25.8 Å². The third-order valence-corrected chi connectivity index (χ3v) is 2.93. The molecule has 0 bridgehead atoms. The summed E-state index contributed by atoms with van der Waals surface area (Å²) in [7, 11) is 0. The lowest BCUT2D eigenvalue weighted by molar-refractivity contribution is -0.107. The van der Waals surface area contributed by atoms with Crippen LogP contribution in [0.1, 0.15) is 19.8 Å². The summed E-state index contributed by atoms with van der Waals surface area (Å²) in [6.45, 7) is 1.62. The molecule has 1 aliphatic heterocycles. The topological polar surface area (TPSA) is 142 Å². The van der Waals surface area contributed by atoms with Crippen molar-refractivity contribution in [2.45, 2.75) is 44.2 Å². The van der Waals surface area contributed by atoms with Crippen LogP contribution >= 0.6 is 0 Å². The van der Waals surface area contributed by atoms with E-state index in [1.165, 1.54) is 12.3 Å². The summed E-state index contributed by atoms with van der Waals surface area (Å²) in [5, 5.41) is 27.6. The normalized spacial score (nSPS) is 30.0. The molecule has 0 amide bonds. The van der Waals surface area contributed by atoms with Gasteiger partial charge in [0, 0.05) is 6.20 Å². The van der Waals surface area contributed by atoms with Crippen LogP contribution in [0.3, 0.4) is 0 Å². The number of nitrogens with one attached hydrogen (secondary N) is 1. The second-order valence-corrected chi connectivity index (χ2v) is 4.63. The van der Waals surface area contributed by atoms with Crippen molar-refractivity contribution in [3.8, 4) is 0 Å². The molecule has 8 heteroatoms. The number of rotatable bonds is 1. The molecule has 0 aliphatic carbocycles. The average molecular weight is 287 g/mol. The van der Waals surface area contributed by atoms with Gasteiger partial charge in [0.05, 0.1) is 18.8 Å². The highest BCUT2D eigenvalue weighted by Crippen LogP contribution is 2.18. The maximum atomic E-state index is 10.2. The van der Waals surface area contributed by atoms with E-state index in [9.17, 15) is 15.0 Å². The predicted molar refractivity (Wildman–Crippen MR) is 71.9 cm³/mol. The minimum atomic E-state index is -0.958. The van der Waals surface area contributed by atoms with E-state index in [0.717, 1.165) is 0 Å². The first-order valence-corrected chi connectivity index (χ1v) is 6.37. The Morgan fingerprint density at radius 3 is 2.70 bits per heavy atom. The van der Waals surface area contributed by atoms with Crippen molar-refractivity contribution in [3.05, 3.63) is 22.7 Å². The third kappa shape index (κ3) is 5.25. The maximum Gasteiger partial charge on any atom is 0.346 e. The highest BCUT2D eigenvalue weighted by atomic mass is 16.5. The zero-order valence-corrected chi connectivity index (χ0v) is 11.3. The van der Waals surface area contributed by atoms with Gasteiger partial charge >= 0.3 is 5.69 Å². The smallest absolute Gasteiger partial charge is 0.346 e. The second kappa shape index (κ2) is 7.95. The molecule has 1 aliphatic rings. The fraction of sp³-hybridized carbons (Fsp3) is 0.667. The summed E-state index contributed by atoms with van der Waals surface area (Å²) >= 11 is 0. The van der Waals surface area contributed by atoms with Gasteiger partial charge in [0.1, 0.15) is 18.0 Å². The van der Waals surface area contributed by atoms with Crippen LogP contribution in [0.2, 0.25) is 0 Å². The van der Waals surface area contributed by atoms with Crippen LogP contribution in [0.5, 0.6) is 0 Å². The Bertz CT molecular complexity index is 453. The lowest BCUT2D eigenvalue weighted by Gasteiger charge is -2.22. The van der Waals surface area contributed by atoms with Crippen LogP contribution in [0.4, 0.5) is 5.82 Å². The van der Waals surface area contributed by atoms with Gasteiger partial charge in [-0.15, -0.1) is 0 Å². The van der Waals surface area contributed by atoms with E-state index >= 15 is 0 Å². The Labute approximate surface area is 116 Å². The van der Waals surface area contributed by atoms with Crippen molar-refractivity contribution in [3.63, 3.8) is 0 Å². The highest BCUT2D eigenvalue weighted by Gasteiger charge is 2.31. The molecule has 1 saturated heterocycles. The van der Waals surface area contributed by atoms with Crippen LogP contribution < -0.4 is 11.4 Å². The van der Waals surface area contributed by atoms with E-state index < -0.39 is 24.0 Å². The molecular formula is C12H21N3O5. The number of hydrogen-bond acceptors (Lipinski definition) is 7. The summed E-state index contributed by atoms with van der Waals surface area (Å²) in [5.74, 6) is 0.338. The molecule has 1 aromatic heterocycles. The molecule has 0 spiro atoms. The van der Waals surface area contributed by atoms with E-state index in [4.69, 9.17) is 15.6 Å². The van der Waals surface area contributed by atoms with Crippen molar-refractivity contribution in [1.82, 2.24) is 9.97 Å². The molecule has 1 aromatic rings. The summed E-state index contributed by atoms with van der Waals surface area (Å²) < 4.78 is 5.28. The first-order chi connectivity index (χ1) is 9.43. The Morgan fingerprint density at radius 1 is 1.50 bits per heavy atom. The number of nitrogens with zero attached hydrogens (tertiary/aromatic N) is 1. The van der Waals surface area contributed by atoms with Crippen molar-refractivity contribution in [2.24, 2.45) is 0 Å². The SMILES string of the molecule is CC1CC[C@H](O)[C@H](O)C(CO)O1.Nc1ccnc(=O)[nH]1. The number of hydrogen-bond donors (Lipinski definition) is 5. The molecule has 8 nitrogen and oxygen atoms in total. The van der Waals surface area contributed by atoms with E-state index in [1.54, 1.807) is 0 Å². The molecule has 0 saturated carbocycles. The van der Waals surface area contributed by atoms with Crippen LogP contribution in [0.15, 0.2) is 17.1 Å². The maximum absolute atomic E-state index is 10.2. The average Bonchev–Trinajstić information content (AvgIpc) is 2.52. The standard InChI is InChI=1S/C8H16O4.C4H5N3O/c1-5-2-3-6(10)8(11)7(4-9)12-5;5-3-1-2-6-4(8)7-3/h5-11H,2-4H2,1H3;1-2H,(H3,5,6,7,8)/t5?,6-,7?,8-;/m0./s1. The summed E-state index contributed by atoms with van der Waals surface area (Å²) in [5.41, 5.74) is 4.75. The zero-order valence-electron chi connectivity index (χ0n) is 11.3. The molecule has 20 heavy (non-hydrogen) atoms. The van der Waals surface area contributed by atoms with Gasteiger partial charge in [0.2, 0.25) is 0 Å². The minimum absolute atomic E-state index is 0.00560. The van der Waals surface area contributed by atoms with Gasteiger partial charge in [0.15, 0.2) is 0 Å². The van der Waals surface area contributed by atoms with E-state index in [1.807, 2.05) is 6.92 Å². The first-order valence-electron chi connectivity index (χ1n) is 6.37. The quantitative estimate of drug-likeness (QED) is 0.428. The lowest BCUT2D eigenvalue weighted by Crippen LogP contribution is -2.39. The number of ether oxygens (including phenoxy) is 1. The molecular weight excluding hydrogens is 266 g/mol. The first kappa shape index (κ1) is 16.6. The Hall–Kier alpha value is -1.48. The Balaban J connectivity index is 0.000000217. The van der Waals surface area contributed by atoms with Crippen molar-refractivity contribution in [2.75, 3.05) is 12.3 Å². The number of anilines is 1. The highest BCUT2D eigenvalue weighted by molar-refractivity contribution is 5.22. The number of aliphatic hydroxyl groups excluding tert-OH is 3. The number of nitrogen functional groups attached to an aromatic ring is 1. The van der Waals surface area contributed by atoms with Gasteiger partial charge in [-0.2, -0.15) is 0 Å². The van der Waals surface area contributed by atoms with E-state index in [0.29, 0.717) is 18.7 Å². The molecule has 6 N–H and O–H groups in total. The van der Waals surface area contributed by atoms with Gasteiger partial charge in [0.25, 0.3) is 0 Å². The van der Waals surface area contributed by atoms with Gasteiger partial charge in [-0.3, -0.25) is 4.98 Å². The molecule has 0 aromatic carbocycles. The number of aromatic nitrogens is 2. The minimum Gasteiger partial charge on any atom is -0.394 e. The van der Waals surface area contributed by atoms with Crippen LogP contribution in [0.25, 0.3) is 0 Å². The molecule has 114 valence electrons. The Kier molecular flexibility index (Phi) is 6.59.